The highest BCUT2D eigenvalue weighted by Crippen LogP contribution is 2.12. The zero-order valence-electron chi connectivity index (χ0n) is 26.7. The lowest BCUT2D eigenvalue weighted by Gasteiger charge is -2.29. The predicted molar refractivity (Wildman–Crippen MR) is 153 cm³/mol. The second kappa shape index (κ2) is 15.6. The number of carbonyl (C=O) groups is 6. The van der Waals surface area contributed by atoms with Gasteiger partial charge in [-0.1, -0.05) is 27.7 Å². The van der Waals surface area contributed by atoms with Crippen LogP contribution < -0.4 is 26.6 Å². The number of hydrogen-bond donors (Lipinski definition) is 5. The number of hydrogen-bond acceptors (Lipinski definition) is 8. The van der Waals surface area contributed by atoms with Crippen LogP contribution >= 0.6 is 0 Å². The SMILES string of the molecule is COC(=O)C(C)(C)NC(=O)[C@H](CC(C)C)NC(=O)CNC(=O)C(C)(C)NC(=O)[C@H](CC(C)C)NC(=O)OC(C)(C)C. The van der Waals surface area contributed by atoms with Gasteiger partial charge in [0, 0.05) is 0 Å². The number of ether oxygens (including phenoxy) is 2. The van der Waals surface area contributed by atoms with Gasteiger partial charge in [-0.3, -0.25) is 19.2 Å². The summed E-state index contributed by atoms with van der Waals surface area (Å²) in [7, 11) is 1.21. The van der Waals surface area contributed by atoms with Crippen molar-refractivity contribution in [2.75, 3.05) is 13.7 Å². The van der Waals surface area contributed by atoms with E-state index in [2.05, 4.69) is 26.6 Å². The van der Waals surface area contributed by atoms with Gasteiger partial charge in [0.15, 0.2) is 0 Å². The van der Waals surface area contributed by atoms with Crippen LogP contribution in [0.15, 0.2) is 0 Å². The minimum atomic E-state index is -1.44. The summed E-state index contributed by atoms with van der Waals surface area (Å²) in [5.41, 5.74) is -3.51. The van der Waals surface area contributed by atoms with Crippen LogP contribution in [0.3, 0.4) is 0 Å². The molecule has 13 nitrogen and oxygen atoms in total. The van der Waals surface area contributed by atoms with Gasteiger partial charge in [0.05, 0.1) is 13.7 Å². The summed E-state index contributed by atoms with van der Waals surface area (Å²) < 4.78 is 9.96. The number of methoxy groups -OCH3 is 1. The van der Waals surface area contributed by atoms with E-state index in [0.29, 0.717) is 6.42 Å². The summed E-state index contributed by atoms with van der Waals surface area (Å²) in [4.78, 5) is 75.7. The second-order valence-corrected chi connectivity index (χ2v) is 13.0. The number of rotatable bonds is 14. The van der Waals surface area contributed by atoms with Crippen LogP contribution in [0, 0.1) is 11.8 Å². The van der Waals surface area contributed by atoms with Gasteiger partial charge in [-0.2, -0.15) is 0 Å². The van der Waals surface area contributed by atoms with Crippen LogP contribution in [0.4, 0.5) is 4.79 Å². The van der Waals surface area contributed by atoms with E-state index < -0.39 is 71.0 Å². The van der Waals surface area contributed by atoms with Gasteiger partial charge < -0.3 is 36.1 Å². The van der Waals surface area contributed by atoms with Gasteiger partial charge in [-0.25, -0.2) is 9.59 Å². The van der Waals surface area contributed by atoms with Crippen LogP contribution in [-0.4, -0.2) is 78.1 Å². The summed E-state index contributed by atoms with van der Waals surface area (Å²) in [6, 6.07) is -1.92. The zero-order valence-corrected chi connectivity index (χ0v) is 26.7. The molecule has 0 bridgehead atoms. The van der Waals surface area contributed by atoms with Crippen LogP contribution in [0.5, 0.6) is 0 Å². The van der Waals surface area contributed by atoms with E-state index in [4.69, 9.17) is 9.47 Å². The molecule has 41 heavy (non-hydrogen) atoms. The summed E-state index contributed by atoms with van der Waals surface area (Å²) in [6.45, 7) is 18.0. The van der Waals surface area contributed by atoms with E-state index in [1.54, 1.807) is 20.8 Å². The molecule has 2 atom stereocenters. The second-order valence-electron chi connectivity index (χ2n) is 13.0. The van der Waals surface area contributed by atoms with Crippen LogP contribution in [0.1, 0.15) is 89.0 Å². The lowest BCUT2D eigenvalue weighted by atomic mass is 9.99. The Balaban J connectivity index is 5.32. The van der Waals surface area contributed by atoms with Crippen molar-refractivity contribution in [2.45, 2.75) is 118 Å². The Bertz CT molecular complexity index is 954. The van der Waals surface area contributed by atoms with Crippen LogP contribution in [-0.2, 0) is 33.4 Å². The summed E-state index contributed by atoms with van der Waals surface area (Å²) in [6.07, 6.45) is -0.170. The van der Waals surface area contributed by atoms with Crippen molar-refractivity contribution in [3.63, 3.8) is 0 Å². The van der Waals surface area contributed by atoms with E-state index in [1.807, 2.05) is 27.7 Å². The first-order valence-electron chi connectivity index (χ1n) is 13.8. The maximum Gasteiger partial charge on any atom is 0.408 e. The molecule has 5 N–H and O–H groups in total. The standard InChI is InChI=1S/C28H51N5O8/c1-16(2)13-18(21(35)33-28(10,11)24(38)40-12)30-20(34)15-29-23(37)27(8,9)32-22(36)19(14-17(3)4)31-25(39)41-26(5,6)7/h16-19H,13-15H2,1-12H3,(H,29,37)(H,30,34)(H,31,39)(H,32,36)(H,33,35)/t18-,19-/m0/s1. The maximum absolute atomic E-state index is 13.0. The molecule has 13 heteroatoms. The fourth-order valence-corrected chi connectivity index (χ4v) is 3.64. The molecule has 0 saturated carbocycles. The molecule has 0 aliphatic heterocycles. The Morgan fingerprint density at radius 2 is 1.12 bits per heavy atom. The Labute approximate surface area is 244 Å². The number of alkyl carbamates (subject to hydrolysis) is 1. The molecule has 0 fully saturated rings. The van der Waals surface area contributed by atoms with Crippen LogP contribution in [0.25, 0.3) is 0 Å². The van der Waals surface area contributed by atoms with E-state index in [-0.39, 0.29) is 18.3 Å². The highest BCUT2D eigenvalue weighted by Gasteiger charge is 2.35. The first kappa shape index (κ1) is 37.6. The van der Waals surface area contributed by atoms with Crippen LogP contribution in [0.2, 0.25) is 0 Å². The van der Waals surface area contributed by atoms with Gasteiger partial charge in [-0.15, -0.1) is 0 Å². The quantitative estimate of drug-likeness (QED) is 0.190. The molecule has 0 spiro atoms. The minimum Gasteiger partial charge on any atom is -0.467 e. The van der Waals surface area contributed by atoms with Gasteiger partial charge in [0.25, 0.3) is 0 Å². The van der Waals surface area contributed by atoms with Crippen molar-refractivity contribution in [1.29, 1.82) is 0 Å². The lowest BCUT2D eigenvalue weighted by Crippen LogP contribution is -2.61. The Morgan fingerprint density at radius 1 is 0.683 bits per heavy atom. The van der Waals surface area contributed by atoms with Crippen molar-refractivity contribution in [1.82, 2.24) is 26.6 Å². The first-order valence-corrected chi connectivity index (χ1v) is 13.8. The molecule has 0 aromatic rings. The summed E-state index contributed by atoms with van der Waals surface area (Å²) >= 11 is 0. The third-order valence-electron chi connectivity index (χ3n) is 5.62. The number of esters is 1. The molecule has 0 saturated heterocycles. The Hall–Kier alpha value is -3.38. The third-order valence-corrected chi connectivity index (χ3v) is 5.62. The maximum atomic E-state index is 13.0. The molecular formula is C28H51N5O8. The number of amides is 5. The molecule has 0 rings (SSSR count). The predicted octanol–water partition coefficient (Wildman–Crippen LogP) is 1.54. The van der Waals surface area contributed by atoms with E-state index >= 15 is 0 Å². The minimum absolute atomic E-state index is 0.0316. The third kappa shape index (κ3) is 14.7. The van der Waals surface area contributed by atoms with Gasteiger partial charge >= 0.3 is 12.1 Å². The fraction of sp³-hybridized carbons (Fsp3) is 0.786. The summed E-state index contributed by atoms with van der Waals surface area (Å²) in [5, 5.41) is 12.8. The monoisotopic (exact) mass is 585 g/mol. The molecule has 236 valence electrons. The van der Waals surface area contributed by atoms with Crippen molar-refractivity contribution in [2.24, 2.45) is 11.8 Å². The molecule has 0 aliphatic carbocycles. The smallest absolute Gasteiger partial charge is 0.408 e. The van der Waals surface area contributed by atoms with Crippen molar-refractivity contribution in [3.8, 4) is 0 Å². The highest BCUT2D eigenvalue weighted by atomic mass is 16.6. The van der Waals surface area contributed by atoms with Gasteiger partial charge in [0.2, 0.25) is 23.6 Å². The molecule has 0 aliphatic rings. The topological polar surface area (TPSA) is 181 Å². The van der Waals surface area contributed by atoms with E-state index in [1.165, 1.54) is 34.8 Å². The Kier molecular flexibility index (Phi) is 14.3. The van der Waals surface area contributed by atoms with Crippen molar-refractivity contribution >= 4 is 35.7 Å². The largest absolute Gasteiger partial charge is 0.467 e. The van der Waals surface area contributed by atoms with Gasteiger partial charge in [0.1, 0.15) is 28.8 Å². The average molecular weight is 586 g/mol. The molecule has 0 unspecified atom stereocenters. The summed E-state index contributed by atoms with van der Waals surface area (Å²) in [5.74, 6) is -3.01. The molecule has 5 amide bonds. The first-order chi connectivity index (χ1) is 18.5. The van der Waals surface area contributed by atoms with E-state index in [9.17, 15) is 28.8 Å². The molecular weight excluding hydrogens is 534 g/mol. The van der Waals surface area contributed by atoms with Crippen molar-refractivity contribution in [3.05, 3.63) is 0 Å². The number of carbonyl (C=O) groups excluding carboxylic acids is 6. The van der Waals surface area contributed by atoms with E-state index in [0.717, 1.165) is 0 Å². The molecule has 0 aromatic carbocycles. The normalized spacial score (nSPS) is 13.5. The average Bonchev–Trinajstić information content (AvgIpc) is 2.78. The number of nitrogens with one attached hydrogen (secondary N) is 5. The van der Waals surface area contributed by atoms with Gasteiger partial charge in [-0.05, 0) is 73.1 Å². The lowest BCUT2D eigenvalue weighted by molar-refractivity contribution is -0.149. The molecule has 0 heterocycles. The fourth-order valence-electron chi connectivity index (χ4n) is 3.64. The molecule has 0 aromatic heterocycles. The molecule has 0 radical (unpaired) electrons. The Morgan fingerprint density at radius 3 is 1.54 bits per heavy atom. The zero-order chi connectivity index (χ0) is 32.3. The highest BCUT2D eigenvalue weighted by molar-refractivity contribution is 5.96. The van der Waals surface area contributed by atoms with Crippen molar-refractivity contribution < 1.29 is 38.2 Å².